The first-order valence-corrected chi connectivity index (χ1v) is 18.8. The lowest BCUT2D eigenvalue weighted by Gasteiger charge is -2.65. The van der Waals surface area contributed by atoms with E-state index in [-0.39, 0.29) is 16.2 Å². The quantitative estimate of drug-likeness (QED) is 0.153. The van der Waals surface area contributed by atoms with E-state index in [1.807, 2.05) is 11.3 Å². The second kappa shape index (κ2) is 12.1. The highest BCUT2D eigenvalue weighted by molar-refractivity contribution is 9.10. The third kappa shape index (κ3) is 4.92. The molecular formula is C41H47BrOS. The summed E-state index contributed by atoms with van der Waals surface area (Å²) < 4.78 is 7.27. The SMILES string of the molecule is CCCCCCCCOc1ccc(-c2ccc(-c3ccc4c(c3)C3(c5cc(Br)ccc5-4)C4(C)CCCC3(C)CCC4)s2)cc1. The number of benzene rings is 3. The van der Waals surface area contributed by atoms with E-state index in [4.69, 9.17) is 4.74 Å². The molecule has 0 saturated heterocycles. The summed E-state index contributed by atoms with van der Waals surface area (Å²) in [6.45, 7) is 8.33. The lowest BCUT2D eigenvalue weighted by molar-refractivity contribution is -0.0629. The number of thiophene rings is 1. The molecule has 0 radical (unpaired) electrons. The van der Waals surface area contributed by atoms with Gasteiger partial charge in [-0.25, -0.2) is 0 Å². The number of hydrogen-bond acceptors (Lipinski definition) is 2. The average molecular weight is 668 g/mol. The van der Waals surface area contributed by atoms with E-state index in [1.165, 1.54) is 107 Å². The van der Waals surface area contributed by atoms with Crippen LogP contribution in [0.2, 0.25) is 0 Å². The molecule has 2 saturated carbocycles. The van der Waals surface area contributed by atoms with Crippen LogP contribution in [-0.4, -0.2) is 6.61 Å². The highest BCUT2D eigenvalue weighted by Gasteiger charge is 2.66. The van der Waals surface area contributed by atoms with Crippen molar-refractivity contribution >= 4 is 27.3 Å². The predicted octanol–water partition coefficient (Wildman–Crippen LogP) is 13.2. The Morgan fingerprint density at radius 2 is 1.23 bits per heavy atom. The fourth-order valence-corrected chi connectivity index (χ4v) is 11.0. The summed E-state index contributed by atoms with van der Waals surface area (Å²) in [4.78, 5) is 2.67. The van der Waals surface area contributed by atoms with Crippen molar-refractivity contribution in [3.63, 3.8) is 0 Å². The Balaban J connectivity index is 1.17. The second-order valence-electron chi connectivity index (χ2n) is 14.3. The lowest BCUT2D eigenvalue weighted by Crippen LogP contribution is -2.59. The van der Waals surface area contributed by atoms with Gasteiger partial charge < -0.3 is 4.74 Å². The first kappa shape index (κ1) is 30.3. The van der Waals surface area contributed by atoms with Gasteiger partial charge in [-0.05, 0) is 131 Å². The summed E-state index contributed by atoms with van der Waals surface area (Å²) in [6, 6.07) is 27.9. The summed E-state index contributed by atoms with van der Waals surface area (Å²) in [5.74, 6) is 0.981. The number of rotatable bonds is 10. The van der Waals surface area contributed by atoms with Crippen LogP contribution in [0.5, 0.6) is 5.75 Å². The molecule has 1 nitrogen and oxygen atoms in total. The Morgan fingerprint density at radius 3 is 1.91 bits per heavy atom. The zero-order chi connectivity index (χ0) is 30.4. The minimum atomic E-state index is 0.0619. The number of ether oxygens (including phenoxy) is 1. The number of halogens is 1. The van der Waals surface area contributed by atoms with Gasteiger partial charge in [0.2, 0.25) is 0 Å². The van der Waals surface area contributed by atoms with Crippen molar-refractivity contribution in [3.8, 4) is 37.8 Å². The lowest BCUT2D eigenvalue weighted by atomic mass is 9.38. The second-order valence-corrected chi connectivity index (χ2v) is 16.3. The van der Waals surface area contributed by atoms with Crippen LogP contribution in [0.25, 0.3) is 32.0 Å². The first-order chi connectivity index (χ1) is 21.4. The summed E-state index contributed by atoms with van der Waals surface area (Å²) in [5, 5.41) is 0. The highest BCUT2D eigenvalue weighted by atomic mass is 79.9. The van der Waals surface area contributed by atoms with Gasteiger partial charge in [0.15, 0.2) is 0 Å². The Bertz CT molecular complexity index is 1600. The van der Waals surface area contributed by atoms with Crippen molar-refractivity contribution in [2.45, 2.75) is 103 Å². The Kier molecular flexibility index (Phi) is 8.33. The van der Waals surface area contributed by atoms with E-state index in [1.54, 1.807) is 11.1 Å². The number of hydrogen-bond donors (Lipinski definition) is 0. The smallest absolute Gasteiger partial charge is 0.119 e. The van der Waals surface area contributed by atoms with Crippen LogP contribution in [0.4, 0.5) is 0 Å². The molecule has 0 atom stereocenters. The van der Waals surface area contributed by atoms with Crippen molar-refractivity contribution in [2.75, 3.05) is 6.61 Å². The van der Waals surface area contributed by atoms with Gasteiger partial charge >= 0.3 is 0 Å². The molecule has 1 aromatic heterocycles. The van der Waals surface area contributed by atoms with Gasteiger partial charge in [0.05, 0.1) is 6.61 Å². The van der Waals surface area contributed by atoms with Crippen molar-refractivity contribution in [3.05, 3.63) is 88.4 Å². The van der Waals surface area contributed by atoms with Gasteiger partial charge in [0, 0.05) is 19.6 Å². The van der Waals surface area contributed by atoms with Crippen molar-refractivity contribution in [1.29, 1.82) is 0 Å². The van der Waals surface area contributed by atoms with E-state index >= 15 is 0 Å². The molecule has 3 aliphatic rings. The van der Waals surface area contributed by atoms with Gasteiger partial charge in [0.1, 0.15) is 5.75 Å². The first-order valence-electron chi connectivity index (χ1n) is 17.2. The summed E-state index contributed by atoms with van der Waals surface area (Å²) in [5.41, 5.74) is 9.34. The Morgan fingerprint density at radius 1 is 0.659 bits per heavy atom. The van der Waals surface area contributed by atoms with Crippen molar-refractivity contribution in [1.82, 2.24) is 0 Å². The maximum atomic E-state index is 6.06. The largest absolute Gasteiger partial charge is 0.494 e. The van der Waals surface area contributed by atoms with Crippen molar-refractivity contribution < 1.29 is 4.74 Å². The molecule has 4 aromatic rings. The van der Waals surface area contributed by atoms with Gasteiger partial charge in [-0.3, -0.25) is 0 Å². The minimum Gasteiger partial charge on any atom is -0.494 e. The maximum absolute atomic E-state index is 6.06. The zero-order valence-electron chi connectivity index (χ0n) is 26.8. The molecule has 230 valence electrons. The van der Waals surface area contributed by atoms with E-state index < -0.39 is 0 Å². The van der Waals surface area contributed by atoms with E-state index in [0.717, 1.165) is 18.8 Å². The van der Waals surface area contributed by atoms with Gasteiger partial charge in [-0.15, -0.1) is 11.3 Å². The normalized spacial score (nSPS) is 25.2. The van der Waals surface area contributed by atoms with Gasteiger partial charge in [0.25, 0.3) is 0 Å². The zero-order valence-corrected chi connectivity index (χ0v) is 29.2. The molecule has 2 bridgehead atoms. The molecule has 3 heteroatoms. The molecule has 3 aromatic carbocycles. The molecular weight excluding hydrogens is 620 g/mol. The Hall–Kier alpha value is -2.36. The maximum Gasteiger partial charge on any atom is 0.119 e. The molecule has 7 rings (SSSR count). The van der Waals surface area contributed by atoms with Crippen LogP contribution in [0.1, 0.15) is 109 Å². The standard InChI is InChI=1S/C41H47BrOS/c1-4-5-6-7-8-9-26-43-32-16-12-29(13-17-32)37-20-21-38(44-37)30-14-18-33-34-19-15-31(42)28-36(34)41(35(33)27-30)39(2)22-10-24-40(41,3)25-11-23-39/h12-21,27-28H,4-11,22-26H2,1-3H3. The third-order valence-electron chi connectivity index (χ3n) is 11.6. The third-order valence-corrected chi connectivity index (χ3v) is 13.3. The molecule has 44 heavy (non-hydrogen) atoms. The summed E-state index contributed by atoms with van der Waals surface area (Å²) >= 11 is 5.79. The van der Waals surface area contributed by atoms with Crippen LogP contribution in [-0.2, 0) is 5.41 Å². The molecule has 0 aliphatic heterocycles. The monoisotopic (exact) mass is 666 g/mol. The van der Waals surface area contributed by atoms with Gasteiger partial charge in [-0.2, -0.15) is 0 Å². The molecule has 0 unspecified atom stereocenters. The summed E-state index contributed by atoms with van der Waals surface area (Å²) in [6.07, 6.45) is 15.7. The van der Waals surface area contributed by atoms with E-state index in [9.17, 15) is 0 Å². The average Bonchev–Trinajstić information content (AvgIpc) is 3.61. The molecule has 2 fully saturated rings. The Labute approximate surface area is 277 Å². The van der Waals surface area contributed by atoms with Crippen LogP contribution in [0.3, 0.4) is 0 Å². The van der Waals surface area contributed by atoms with Crippen LogP contribution < -0.4 is 4.74 Å². The van der Waals surface area contributed by atoms with Crippen molar-refractivity contribution in [2.24, 2.45) is 10.8 Å². The molecule has 0 amide bonds. The topological polar surface area (TPSA) is 9.23 Å². The van der Waals surface area contributed by atoms with Crippen LogP contribution in [0, 0.1) is 10.8 Å². The molecule has 3 aliphatic carbocycles. The predicted molar refractivity (Wildman–Crippen MR) is 192 cm³/mol. The fourth-order valence-electron chi connectivity index (χ4n) is 9.65. The van der Waals surface area contributed by atoms with Crippen LogP contribution in [0.15, 0.2) is 77.3 Å². The van der Waals surface area contributed by atoms with Gasteiger partial charge in [-0.1, -0.05) is 99.8 Å². The van der Waals surface area contributed by atoms with E-state index in [0.29, 0.717) is 0 Å². The molecule has 1 heterocycles. The molecule has 1 spiro atoms. The summed E-state index contributed by atoms with van der Waals surface area (Å²) in [7, 11) is 0. The fraction of sp³-hybridized carbons (Fsp3) is 0.463. The van der Waals surface area contributed by atoms with E-state index in [2.05, 4.69) is 109 Å². The number of unbranched alkanes of at least 4 members (excludes halogenated alkanes) is 5. The minimum absolute atomic E-state index is 0.0619. The van der Waals surface area contributed by atoms with Crippen LogP contribution >= 0.6 is 27.3 Å². The highest BCUT2D eigenvalue weighted by Crippen LogP contribution is 2.74. The molecule has 0 N–H and O–H groups in total. The number of fused-ring (bicyclic) bond motifs is 3.